The average Bonchev–Trinajstić information content (AvgIpc) is 3.03. The number of carbonyl (C=O) groups excluding carboxylic acids is 1. The fourth-order valence-electron chi connectivity index (χ4n) is 4.07. The summed E-state index contributed by atoms with van der Waals surface area (Å²) in [5, 5.41) is 1.89. The molecule has 0 saturated heterocycles. The van der Waals surface area contributed by atoms with Crippen molar-refractivity contribution >= 4 is 26.8 Å². The molecule has 158 valence electrons. The largest absolute Gasteiger partial charge is 0.465 e. The molecule has 4 rings (SSSR count). The molecule has 0 unspecified atom stereocenters. The molecule has 1 heterocycles. The van der Waals surface area contributed by atoms with E-state index in [1.807, 2.05) is 49.4 Å². The Balaban J connectivity index is 2.13. The number of esters is 1. The lowest BCUT2D eigenvalue weighted by atomic mass is 9.99. The first kappa shape index (κ1) is 20.9. The van der Waals surface area contributed by atoms with Gasteiger partial charge in [0.2, 0.25) is 0 Å². The van der Waals surface area contributed by atoms with Crippen molar-refractivity contribution in [3.8, 4) is 11.3 Å². The van der Waals surface area contributed by atoms with Crippen LogP contribution >= 0.6 is 0 Å². The van der Waals surface area contributed by atoms with Crippen LogP contribution in [-0.4, -0.2) is 25.5 Å². The summed E-state index contributed by atoms with van der Waals surface area (Å²) >= 11 is 0. The number of hydrogen-bond acceptors (Lipinski definition) is 4. The molecule has 5 nitrogen and oxygen atoms in total. The van der Waals surface area contributed by atoms with E-state index in [0.29, 0.717) is 17.0 Å². The Labute approximate surface area is 182 Å². The molecule has 0 fully saturated rings. The van der Waals surface area contributed by atoms with E-state index < -0.39 is 16.0 Å². The van der Waals surface area contributed by atoms with E-state index in [1.165, 1.54) is 11.1 Å². The molecular formula is C25H23NO4S. The van der Waals surface area contributed by atoms with Gasteiger partial charge in [-0.05, 0) is 49.2 Å². The van der Waals surface area contributed by atoms with E-state index in [0.717, 1.165) is 21.9 Å². The number of aryl methyl sites for hydroxylation is 1. The molecule has 31 heavy (non-hydrogen) atoms. The topological polar surface area (TPSA) is 65.4 Å². The Morgan fingerprint density at radius 1 is 0.871 bits per heavy atom. The molecule has 3 aromatic carbocycles. The highest BCUT2D eigenvalue weighted by atomic mass is 32.2. The van der Waals surface area contributed by atoms with E-state index in [4.69, 9.17) is 4.74 Å². The van der Waals surface area contributed by atoms with Crippen molar-refractivity contribution in [2.24, 2.45) is 0 Å². The molecule has 0 amide bonds. The van der Waals surface area contributed by atoms with Gasteiger partial charge in [-0.2, -0.15) is 0 Å². The highest BCUT2D eigenvalue weighted by molar-refractivity contribution is 7.90. The monoisotopic (exact) mass is 433 g/mol. The number of carbonyl (C=O) groups is 1. The summed E-state index contributed by atoms with van der Waals surface area (Å²) in [5.74, 6) is -0.561. The normalized spacial score (nSPS) is 11.6. The Hall–Kier alpha value is -3.38. The summed E-state index contributed by atoms with van der Waals surface area (Å²) < 4.78 is 33.8. The molecule has 0 radical (unpaired) electrons. The van der Waals surface area contributed by atoms with Crippen molar-refractivity contribution in [2.75, 3.05) is 7.11 Å². The summed E-state index contributed by atoms with van der Waals surface area (Å²) in [5.41, 5.74) is 3.33. The van der Waals surface area contributed by atoms with Gasteiger partial charge >= 0.3 is 5.97 Å². The molecule has 6 heteroatoms. The molecule has 0 bridgehead atoms. The van der Waals surface area contributed by atoms with Crippen LogP contribution in [0.4, 0.5) is 0 Å². The van der Waals surface area contributed by atoms with E-state index in [1.54, 1.807) is 38.1 Å². The molecule has 0 aliphatic heterocycles. The number of aromatic nitrogens is 1. The zero-order chi connectivity index (χ0) is 22.3. The van der Waals surface area contributed by atoms with Gasteiger partial charge in [0.05, 0.1) is 23.3 Å². The molecule has 0 aliphatic rings. The lowest BCUT2D eigenvalue weighted by molar-refractivity contribution is 0.0599. The number of hydrogen-bond donors (Lipinski definition) is 0. The van der Waals surface area contributed by atoms with E-state index >= 15 is 0 Å². The van der Waals surface area contributed by atoms with Gasteiger partial charge in [0.15, 0.2) is 0 Å². The molecule has 0 N–H and O–H groups in total. The average molecular weight is 434 g/mol. The highest BCUT2D eigenvalue weighted by Gasteiger charge is 2.31. The minimum Gasteiger partial charge on any atom is -0.465 e. The van der Waals surface area contributed by atoms with Crippen LogP contribution in [0.25, 0.3) is 22.0 Å². The van der Waals surface area contributed by atoms with Gasteiger partial charge < -0.3 is 4.74 Å². The summed E-state index contributed by atoms with van der Waals surface area (Å²) in [4.78, 5) is 12.8. The zero-order valence-electron chi connectivity index (χ0n) is 17.8. The van der Waals surface area contributed by atoms with Crippen molar-refractivity contribution in [1.82, 2.24) is 3.97 Å². The molecule has 0 atom stereocenters. The smallest absolute Gasteiger partial charge is 0.340 e. The van der Waals surface area contributed by atoms with Crippen molar-refractivity contribution in [3.63, 3.8) is 0 Å². The van der Waals surface area contributed by atoms with Gasteiger partial charge in [-0.3, -0.25) is 0 Å². The van der Waals surface area contributed by atoms with Crippen LogP contribution in [0.3, 0.4) is 0 Å². The lowest BCUT2D eigenvalue weighted by Gasteiger charge is -2.15. The van der Waals surface area contributed by atoms with Crippen molar-refractivity contribution in [3.05, 3.63) is 89.1 Å². The zero-order valence-corrected chi connectivity index (χ0v) is 18.7. The van der Waals surface area contributed by atoms with E-state index in [2.05, 4.69) is 0 Å². The minimum absolute atomic E-state index is 0.161. The van der Waals surface area contributed by atoms with E-state index in [-0.39, 0.29) is 10.5 Å². The third-order valence-corrected chi connectivity index (χ3v) is 7.40. The number of nitrogens with zero attached hydrogens (tertiary/aromatic N) is 1. The van der Waals surface area contributed by atoms with E-state index in [9.17, 15) is 13.2 Å². The van der Waals surface area contributed by atoms with Crippen LogP contribution < -0.4 is 0 Å². The van der Waals surface area contributed by atoms with Crippen molar-refractivity contribution in [1.29, 1.82) is 0 Å². The maximum atomic E-state index is 13.8. The molecular weight excluding hydrogens is 410 g/mol. The van der Waals surface area contributed by atoms with Crippen LogP contribution in [0.2, 0.25) is 0 Å². The molecule has 4 aromatic rings. The fourth-order valence-corrected chi connectivity index (χ4v) is 5.69. The lowest BCUT2D eigenvalue weighted by Crippen LogP contribution is -2.16. The molecule has 0 aliphatic carbocycles. The number of benzene rings is 3. The maximum absolute atomic E-state index is 13.8. The van der Waals surface area contributed by atoms with Gasteiger partial charge in [0.25, 0.3) is 10.0 Å². The van der Waals surface area contributed by atoms with Crippen molar-refractivity contribution < 1.29 is 17.9 Å². The summed E-state index contributed by atoms with van der Waals surface area (Å²) in [6, 6.07) is 20.2. The Bertz CT molecular complexity index is 1410. The standard InChI is InChI=1S/C25H23NO4S/c1-16-12-14-20(15-13-16)31(28,29)26-18(3)23(25(27)30-4)17(2)24(26)22-11-7-9-19-8-5-6-10-21(19)22/h5-15H,1-4H3. The number of rotatable bonds is 4. The maximum Gasteiger partial charge on any atom is 0.340 e. The van der Waals surface area contributed by atoms with Crippen molar-refractivity contribution in [2.45, 2.75) is 25.7 Å². The third kappa shape index (κ3) is 3.33. The van der Waals surface area contributed by atoms with Gasteiger partial charge in [0.1, 0.15) is 0 Å². The molecule has 0 saturated carbocycles. The Kier molecular flexibility index (Phi) is 5.19. The molecule has 0 spiro atoms. The second kappa shape index (κ2) is 7.71. The van der Waals surface area contributed by atoms with Gasteiger partial charge in [0, 0.05) is 11.3 Å². The number of methoxy groups -OCH3 is 1. The third-order valence-electron chi connectivity index (χ3n) is 5.59. The van der Waals surface area contributed by atoms with Crippen LogP contribution in [0.5, 0.6) is 0 Å². The fraction of sp³-hybridized carbons (Fsp3) is 0.160. The number of fused-ring (bicyclic) bond motifs is 1. The van der Waals surface area contributed by atoms with Crippen LogP contribution in [-0.2, 0) is 14.8 Å². The first-order valence-electron chi connectivity index (χ1n) is 9.88. The molecule has 1 aromatic heterocycles. The SMILES string of the molecule is COC(=O)c1c(C)c(-c2cccc3ccccc23)n(S(=O)(=O)c2ccc(C)cc2)c1C. The summed E-state index contributed by atoms with van der Waals surface area (Å²) in [6.07, 6.45) is 0. The quantitative estimate of drug-likeness (QED) is 0.412. The first-order chi connectivity index (χ1) is 14.8. The van der Waals surface area contributed by atoms with Gasteiger partial charge in [-0.25, -0.2) is 17.2 Å². The minimum atomic E-state index is -3.97. The summed E-state index contributed by atoms with van der Waals surface area (Å²) in [7, 11) is -2.67. The Morgan fingerprint density at radius 3 is 2.19 bits per heavy atom. The first-order valence-corrected chi connectivity index (χ1v) is 11.3. The van der Waals surface area contributed by atoms with Gasteiger partial charge in [-0.15, -0.1) is 0 Å². The summed E-state index contributed by atoms with van der Waals surface area (Å²) in [6.45, 7) is 5.30. The second-order valence-corrected chi connectivity index (χ2v) is 9.32. The number of ether oxygens (including phenoxy) is 1. The van der Waals surface area contributed by atoms with Gasteiger partial charge in [-0.1, -0.05) is 60.2 Å². The van der Waals surface area contributed by atoms with Crippen LogP contribution in [0.1, 0.15) is 27.2 Å². The predicted octanol–water partition coefficient (Wildman–Crippen LogP) is 5.26. The predicted molar refractivity (Wildman–Crippen MR) is 122 cm³/mol. The van der Waals surface area contributed by atoms with Crippen LogP contribution in [0.15, 0.2) is 71.6 Å². The van der Waals surface area contributed by atoms with Crippen LogP contribution in [0, 0.1) is 20.8 Å². The highest BCUT2D eigenvalue weighted by Crippen LogP contribution is 2.38. The second-order valence-electron chi connectivity index (χ2n) is 7.53. The Morgan fingerprint density at radius 2 is 1.52 bits per heavy atom.